The minimum atomic E-state index is -1.98. The number of Topliss-reactive ketones (excluding diaryl/α,β-unsaturated/α-hetero) is 1. The molecule has 7 nitrogen and oxygen atoms in total. The number of hydrogen-bond donors (Lipinski definition) is 1. The van der Waals surface area contributed by atoms with Gasteiger partial charge in [0.15, 0.2) is 11.4 Å². The molecule has 1 unspecified atom stereocenters. The van der Waals surface area contributed by atoms with E-state index in [-0.39, 0.29) is 17.8 Å². The maximum atomic E-state index is 12.9. The molecule has 0 fully saturated rings. The second kappa shape index (κ2) is 6.77. The van der Waals surface area contributed by atoms with Crippen molar-refractivity contribution in [3.05, 3.63) is 81.9 Å². The molecule has 2 aromatic carbocycles. The third kappa shape index (κ3) is 3.24. The van der Waals surface area contributed by atoms with Gasteiger partial charge in [-0.15, -0.1) is 0 Å². The van der Waals surface area contributed by atoms with Gasteiger partial charge in [-0.25, -0.2) is 0 Å². The van der Waals surface area contributed by atoms with Crippen molar-refractivity contribution in [2.45, 2.75) is 18.9 Å². The summed E-state index contributed by atoms with van der Waals surface area (Å²) in [6, 6.07) is 11.9. The van der Waals surface area contributed by atoms with Crippen LogP contribution < -0.4 is 4.90 Å². The zero-order valence-electron chi connectivity index (χ0n) is 14.7. The number of non-ortho nitro benzene ring substituents is 1. The summed E-state index contributed by atoms with van der Waals surface area (Å²) in [4.78, 5) is 37.2. The second-order valence-electron chi connectivity index (χ2n) is 6.63. The summed E-state index contributed by atoms with van der Waals surface area (Å²) in [5.74, 6) is -1.06. The number of anilines is 1. The molecule has 3 rings (SSSR count). The molecule has 1 amide bonds. The molecule has 1 aliphatic rings. The van der Waals surface area contributed by atoms with E-state index in [9.17, 15) is 24.8 Å². The Hall–Kier alpha value is -3.32. The van der Waals surface area contributed by atoms with Crippen LogP contribution in [0.5, 0.6) is 0 Å². The van der Waals surface area contributed by atoms with Crippen LogP contribution in [0, 0.1) is 10.1 Å². The van der Waals surface area contributed by atoms with Gasteiger partial charge in [0.2, 0.25) is 0 Å². The predicted molar refractivity (Wildman–Crippen MR) is 99.5 cm³/mol. The Morgan fingerprint density at radius 2 is 1.85 bits per heavy atom. The Kier molecular flexibility index (Phi) is 4.63. The summed E-state index contributed by atoms with van der Waals surface area (Å²) < 4.78 is 0. The summed E-state index contributed by atoms with van der Waals surface area (Å²) in [7, 11) is 0. The average molecular weight is 366 g/mol. The molecule has 138 valence electrons. The highest BCUT2D eigenvalue weighted by molar-refractivity contribution is 6.11. The van der Waals surface area contributed by atoms with Crippen LogP contribution in [0.3, 0.4) is 0 Å². The molecule has 1 atom stereocenters. The van der Waals surface area contributed by atoms with E-state index in [0.29, 0.717) is 11.3 Å². The largest absolute Gasteiger partial charge is 0.375 e. The van der Waals surface area contributed by atoms with Crippen molar-refractivity contribution in [3.8, 4) is 0 Å². The lowest BCUT2D eigenvalue weighted by Gasteiger charge is -2.22. The lowest BCUT2D eigenvalue weighted by atomic mass is 9.88. The number of hydrogen-bond acceptors (Lipinski definition) is 5. The molecule has 27 heavy (non-hydrogen) atoms. The van der Waals surface area contributed by atoms with Crippen molar-refractivity contribution in [2.24, 2.45) is 0 Å². The zero-order chi connectivity index (χ0) is 19.8. The van der Waals surface area contributed by atoms with E-state index in [1.807, 2.05) is 0 Å². The van der Waals surface area contributed by atoms with E-state index in [4.69, 9.17) is 0 Å². The fraction of sp³-hybridized carbons (Fsp3) is 0.200. The average Bonchev–Trinajstić information content (AvgIpc) is 2.84. The van der Waals surface area contributed by atoms with Gasteiger partial charge in [0.25, 0.3) is 11.6 Å². The first-order valence-electron chi connectivity index (χ1n) is 8.30. The van der Waals surface area contributed by atoms with Gasteiger partial charge >= 0.3 is 0 Å². The molecular formula is C20H18N2O5. The number of para-hydroxylation sites is 1. The maximum absolute atomic E-state index is 12.9. The van der Waals surface area contributed by atoms with Crippen LogP contribution in [0.2, 0.25) is 0 Å². The number of amides is 1. The monoisotopic (exact) mass is 366 g/mol. The van der Waals surface area contributed by atoms with Crippen molar-refractivity contribution in [1.29, 1.82) is 0 Å². The quantitative estimate of drug-likeness (QED) is 0.367. The molecule has 0 saturated heterocycles. The normalized spacial score (nSPS) is 18.3. The number of aliphatic hydroxyl groups is 1. The Morgan fingerprint density at radius 3 is 2.44 bits per heavy atom. The number of benzene rings is 2. The molecule has 1 N–H and O–H groups in total. The van der Waals surface area contributed by atoms with Gasteiger partial charge in [0, 0.05) is 29.8 Å². The fourth-order valence-corrected chi connectivity index (χ4v) is 3.21. The number of nitrogens with zero attached hydrogens (tertiary/aromatic N) is 2. The van der Waals surface area contributed by atoms with Gasteiger partial charge in [-0.2, -0.15) is 0 Å². The van der Waals surface area contributed by atoms with Crippen LogP contribution in [0.25, 0.3) is 0 Å². The van der Waals surface area contributed by atoms with Gasteiger partial charge < -0.3 is 10.0 Å². The lowest BCUT2D eigenvalue weighted by Crippen LogP contribution is -2.42. The molecule has 2 aromatic rings. The number of carbonyl (C=O) groups is 2. The molecule has 1 heterocycles. The van der Waals surface area contributed by atoms with Crippen molar-refractivity contribution < 1.29 is 19.6 Å². The Balaban J connectivity index is 1.93. The van der Waals surface area contributed by atoms with Gasteiger partial charge in [0.05, 0.1) is 17.0 Å². The molecular weight excluding hydrogens is 348 g/mol. The predicted octanol–water partition coefficient (Wildman–Crippen LogP) is 2.98. The van der Waals surface area contributed by atoms with Crippen LogP contribution in [-0.4, -0.2) is 28.3 Å². The first kappa shape index (κ1) is 18.5. The third-order valence-corrected chi connectivity index (χ3v) is 4.48. The van der Waals surface area contributed by atoms with Crippen LogP contribution in [0.4, 0.5) is 11.4 Å². The number of ketones is 1. The molecule has 0 aliphatic carbocycles. The minimum Gasteiger partial charge on any atom is -0.375 e. The van der Waals surface area contributed by atoms with Crippen LogP contribution in [0.1, 0.15) is 29.3 Å². The molecule has 7 heteroatoms. The molecule has 0 spiro atoms. The van der Waals surface area contributed by atoms with Gasteiger partial charge in [-0.3, -0.25) is 19.7 Å². The molecule has 1 aliphatic heterocycles. The van der Waals surface area contributed by atoms with Crippen molar-refractivity contribution in [2.75, 3.05) is 11.4 Å². The standard InChI is InChI=1S/C20H18N2O5/c1-13(2)12-21-17-6-4-3-5-16(17)20(25,19(21)24)11-18(23)14-7-9-15(10-8-14)22(26)27/h3-10,25H,1,11-12H2,2H3. The van der Waals surface area contributed by atoms with Gasteiger partial charge in [-0.1, -0.05) is 30.4 Å². The SMILES string of the molecule is C=C(C)CN1C(=O)C(O)(CC(=O)c2ccc([N+](=O)[O-])cc2)c2ccccc21. The first-order chi connectivity index (χ1) is 12.7. The highest BCUT2D eigenvalue weighted by Crippen LogP contribution is 2.43. The van der Waals surface area contributed by atoms with Crippen molar-refractivity contribution in [1.82, 2.24) is 0 Å². The number of carbonyl (C=O) groups excluding carboxylic acids is 2. The molecule has 0 saturated carbocycles. The van der Waals surface area contributed by atoms with Gasteiger partial charge in [0.1, 0.15) is 0 Å². The summed E-state index contributed by atoms with van der Waals surface area (Å²) in [5.41, 5.74) is -0.275. The number of nitro groups is 1. The van der Waals surface area contributed by atoms with Crippen molar-refractivity contribution >= 4 is 23.1 Å². The van der Waals surface area contributed by atoms with E-state index < -0.39 is 28.6 Å². The third-order valence-electron chi connectivity index (χ3n) is 4.48. The van der Waals surface area contributed by atoms with E-state index in [2.05, 4.69) is 6.58 Å². The number of nitro benzene ring substituents is 1. The van der Waals surface area contributed by atoms with E-state index in [1.165, 1.54) is 29.2 Å². The topological polar surface area (TPSA) is 101 Å². The first-order valence-corrected chi connectivity index (χ1v) is 8.30. The van der Waals surface area contributed by atoms with Crippen LogP contribution in [0.15, 0.2) is 60.7 Å². The Morgan fingerprint density at radius 1 is 1.22 bits per heavy atom. The summed E-state index contributed by atoms with van der Waals surface area (Å²) >= 11 is 0. The molecule has 0 aromatic heterocycles. The number of fused-ring (bicyclic) bond motifs is 1. The number of rotatable bonds is 6. The van der Waals surface area contributed by atoms with E-state index in [0.717, 1.165) is 5.57 Å². The van der Waals surface area contributed by atoms with Crippen LogP contribution >= 0.6 is 0 Å². The summed E-state index contributed by atoms with van der Waals surface area (Å²) in [5, 5.41) is 21.9. The van der Waals surface area contributed by atoms with Crippen LogP contribution in [-0.2, 0) is 10.4 Å². The summed E-state index contributed by atoms with van der Waals surface area (Å²) in [6.45, 7) is 5.82. The highest BCUT2D eigenvalue weighted by Gasteiger charge is 2.50. The zero-order valence-corrected chi connectivity index (χ0v) is 14.7. The highest BCUT2D eigenvalue weighted by atomic mass is 16.6. The second-order valence-corrected chi connectivity index (χ2v) is 6.63. The smallest absolute Gasteiger partial charge is 0.269 e. The Bertz CT molecular complexity index is 951. The molecule has 0 bridgehead atoms. The molecule has 0 radical (unpaired) electrons. The fourth-order valence-electron chi connectivity index (χ4n) is 3.21. The maximum Gasteiger partial charge on any atom is 0.269 e. The van der Waals surface area contributed by atoms with Gasteiger partial charge in [-0.05, 0) is 25.1 Å². The Labute approximate surface area is 155 Å². The summed E-state index contributed by atoms with van der Waals surface area (Å²) in [6.07, 6.45) is -0.451. The van der Waals surface area contributed by atoms with E-state index >= 15 is 0 Å². The van der Waals surface area contributed by atoms with Crippen molar-refractivity contribution in [3.63, 3.8) is 0 Å². The lowest BCUT2D eigenvalue weighted by molar-refractivity contribution is -0.384. The minimum absolute atomic E-state index is 0.139. The van der Waals surface area contributed by atoms with E-state index in [1.54, 1.807) is 31.2 Å².